The lowest BCUT2D eigenvalue weighted by Gasteiger charge is -2.17. The molecule has 4 nitrogen and oxygen atoms in total. The number of anilines is 2. The second-order valence-electron chi connectivity index (χ2n) is 6.68. The summed E-state index contributed by atoms with van der Waals surface area (Å²) in [5.74, 6) is 0.894. The molecule has 1 aliphatic rings. The van der Waals surface area contributed by atoms with Crippen molar-refractivity contribution in [3.8, 4) is 0 Å². The number of nitrogens with one attached hydrogen (secondary N) is 2. The fourth-order valence-corrected chi connectivity index (χ4v) is 4.88. The van der Waals surface area contributed by atoms with Crippen LogP contribution < -0.4 is 10.6 Å². The number of amides is 2. The molecule has 0 radical (unpaired) electrons. The van der Waals surface area contributed by atoms with Crippen molar-refractivity contribution < 1.29 is 9.59 Å². The highest BCUT2D eigenvalue weighted by atomic mass is 32.2. The molecule has 0 unspecified atom stereocenters. The summed E-state index contributed by atoms with van der Waals surface area (Å²) in [6, 6.07) is 15.8. The van der Waals surface area contributed by atoms with Crippen molar-refractivity contribution in [2.75, 3.05) is 10.6 Å². The van der Waals surface area contributed by atoms with Crippen molar-refractivity contribution in [3.05, 3.63) is 76.0 Å². The fraction of sp³-hybridized carbons (Fsp3) is 0.182. The van der Waals surface area contributed by atoms with Gasteiger partial charge in [-0.25, -0.2) is 0 Å². The maximum Gasteiger partial charge on any atom is 0.228 e. The highest BCUT2D eigenvalue weighted by molar-refractivity contribution is 7.98. The number of rotatable bonds is 6. The number of hydrogen-bond acceptors (Lipinski definition) is 4. The Morgan fingerprint density at radius 1 is 1.11 bits per heavy atom. The number of para-hydroxylation sites is 1. The van der Waals surface area contributed by atoms with Gasteiger partial charge in [-0.05, 0) is 58.1 Å². The van der Waals surface area contributed by atoms with E-state index in [4.69, 9.17) is 0 Å². The molecule has 142 valence electrons. The second-order valence-corrected chi connectivity index (χ2v) is 8.48. The highest BCUT2D eigenvalue weighted by Crippen LogP contribution is 2.30. The molecular weight excluding hydrogens is 388 g/mol. The summed E-state index contributed by atoms with van der Waals surface area (Å²) in [7, 11) is 0. The number of fused-ring (bicyclic) bond motifs is 1. The number of thiophene rings is 1. The van der Waals surface area contributed by atoms with Crippen molar-refractivity contribution in [2.24, 2.45) is 0 Å². The molecule has 0 fully saturated rings. The summed E-state index contributed by atoms with van der Waals surface area (Å²) in [6.45, 7) is 0. The average molecular weight is 409 g/mol. The molecule has 1 aromatic heterocycles. The predicted octanol–water partition coefficient (Wildman–Crippen LogP) is 5.11. The summed E-state index contributed by atoms with van der Waals surface area (Å²) in [5.41, 5.74) is 5.04. The van der Waals surface area contributed by atoms with Crippen molar-refractivity contribution in [1.82, 2.24) is 0 Å². The zero-order chi connectivity index (χ0) is 19.3. The molecule has 2 aromatic carbocycles. The molecule has 3 aromatic rings. The molecule has 0 atom stereocenters. The van der Waals surface area contributed by atoms with Gasteiger partial charge in [-0.1, -0.05) is 24.3 Å². The maximum absolute atomic E-state index is 12.6. The van der Waals surface area contributed by atoms with Gasteiger partial charge in [0.2, 0.25) is 11.8 Å². The molecule has 0 saturated heterocycles. The first-order chi connectivity index (χ1) is 13.7. The van der Waals surface area contributed by atoms with Gasteiger partial charge >= 0.3 is 0 Å². The lowest BCUT2D eigenvalue weighted by Crippen LogP contribution is -2.19. The van der Waals surface area contributed by atoms with Crippen LogP contribution in [0.15, 0.2) is 64.2 Å². The van der Waals surface area contributed by atoms with Crippen LogP contribution in [0.2, 0.25) is 0 Å². The average Bonchev–Trinajstić information content (AvgIpc) is 3.21. The van der Waals surface area contributed by atoms with Gasteiger partial charge in [0.05, 0.1) is 12.1 Å². The molecule has 0 saturated carbocycles. The normalized spacial score (nSPS) is 12.9. The van der Waals surface area contributed by atoms with E-state index in [2.05, 4.69) is 27.5 Å². The SMILES string of the molecule is O=C1CCc2cc(CC(=O)Nc3ccccc3SCc3ccsc3)ccc2N1. The van der Waals surface area contributed by atoms with Crippen LogP contribution in [0.4, 0.5) is 11.4 Å². The van der Waals surface area contributed by atoms with Gasteiger partial charge in [0, 0.05) is 22.8 Å². The first-order valence-corrected chi connectivity index (χ1v) is 11.0. The minimum absolute atomic E-state index is 0.0385. The van der Waals surface area contributed by atoms with Gasteiger partial charge in [-0.15, -0.1) is 11.8 Å². The van der Waals surface area contributed by atoms with Gasteiger partial charge < -0.3 is 10.6 Å². The molecule has 2 heterocycles. The summed E-state index contributed by atoms with van der Waals surface area (Å²) in [5, 5.41) is 10.1. The Balaban J connectivity index is 1.41. The van der Waals surface area contributed by atoms with Crippen LogP contribution in [0.1, 0.15) is 23.1 Å². The van der Waals surface area contributed by atoms with Crippen LogP contribution in [0.25, 0.3) is 0 Å². The number of thioether (sulfide) groups is 1. The maximum atomic E-state index is 12.6. The van der Waals surface area contributed by atoms with E-state index in [1.54, 1.807) is 23.1 Å². The van der Waals surface area contributed by atoms with Crippen molar-refractivity contribution >= 4 is 46.3 Å². The fourth-order valence-electron chi connectivity index (χ4n) is 3.16. The third-order valence-corrected chi connectivity index (χ3v) is 6.44. The Morgan fingerprint density at radius 2 is 2.00 bits per heavy atom. The Labute approximate surface area is 172 Å². The van der Waals surface area contributed by atoms with Gasteiger partial charge in [-0.3, -0.25) is 9.59 Å². The molecule has 2 N–H and O–H groups in total. The summed E-state index contributed by atoms with van der Waals surface area (Å²) < 4.78 is 0. The van der Waals surface area contributed by atoms with E-state index < -0.39 is 0 Å². The molecule has 0 aliphatic carbocycles. The van der Waals surface area contributed by atoms with Gasteiger partial charge in [0.25, 0.3) is 0 Å². The van der Waals surface area contributed by atoms with Crippen LogP contribution >= 0.6 is 23.1 Å². The molecular formula is C22H20N2O2S2. The number of aryl methyl sites for hydroxylation is 1. The molecule has 1 aliphatic heterocycles. The second kappa shape index (κ2) is 8.63. The summed E-state index contributed by atoms with van der Waals surface area (Å²) in [6.07, 6.45) is 1.53. The third-order valence-electron chi connectivity index (χ3n) is 4.57. The van der Waals surface area contributed by atoms with Gasteiger partial charge in [0.15, 0.2) is 0 Å². The van der Waals surface area contributed by atoms with Crippen LogP contribution in [0.3, 0.4) is 0 Å². The largest absolute Gasteiger partial charge is 0.326 e. The van der Waals surface area contributed by atoms with Crippen LogP contribution in [0, 0.1) is 0 Å². The number of carbonyl (C=O) groups excluding carboxylic acids is 2. The molecule has 4 rings (SSSR count). The van der Waals surface area contributed by atoms with Gasteiger partial charge in [0.1, 0.15) is 0 Å². The van der Waals surface area contributed by atoms with E-state index in [0.29, 0.717) is 12.8 Å². The van der Waals surface area contributed by atoms with E-state index in [9.17, 15) is 9.59 Å². The molecule has 2 amide bonds. The molecule has 28 heavy (non-hydrogen) atoms. The lowest BCUT2D eigenvalue weighted by molar-refractivity contribution is -0.117. The number of carbonyl (C=O) groups is 2. The van der Waals surface area contributed by atoms with Gasteiger partial charge in [-0.2, -0.15) is 11.3 Å². The van der Waals surface area contributed by atoms with Crippen LogP contribution in [0.5, 0.6) is 0 Å². The van der Waals surface area contributed by atoms with Crippen molar-refractivity contribution in [2.45, 2.75) is 29.9 Å². The van der Waals surface area contributed by atoms with Crippen LogP contribution in [-0.4, -0.2) is 11.8 Å². The Hall–Kier alpha value is -2.57. The quantitative estimate of drug-likeness (QED) is 0.558. The Morgan fingerprint density at radius 3 is 2.86 bits per heavy atom. The Bertz CT molecular complexity index is 1000. The first kappa shape index (κ1) is 18.8. The monoisotopic (exact) mass is 408 g/mol. The zero-order valence-electron chi connectivity index (χ0n) is 15.2. The topological polar surface area (TPSA) is 58.2 Å². The highest BCUT2D eigenvalue weighted by Gasteiger charge is 2.16. The van der Waals surface area contributed by atoms with E-state index in [0.717, 1.165) is 39.6 Å². The minimum Gasteiger partial charge on any atom is -0.326 e. The summed E-state index contributed by atoms with van der Waals surface area (Å²) >= 11 is 3.42. The van der Waals surface area contributed by atoms with Crippen LogP contribution in [-0.2, 0) is 28.2 Å². The lowest BCUT2D eigenvalue weighted by atomic mass is 9.99. The van der Waals surface area contributed by atoms with Crippen molar-refractivity contribution in [3.63, 3.8) is 0 Å². The minimum atomic E-state index is -0.0385. The smallest absolute Gasteiger partial charge is 0.228 e. The van der Waals surface area contributed by atoms with E-state index in [-0.39, 0.29) is 11.8 Å². The Kier molecular flexibility index (Phi) is 5.78. The molecule has 0 spiro atoms. The van der Waals surface area contributed by atoms with E-state index in [1.807, 2.05) is 42.5 Å². The number of benzene rings is 2. The first-order valence-electron chi connectivity index (χ1n) is 9.12. The predicted molar refractivity (Wildman–Crippen MR) is 116 cm³/mol. The standard InChI is InChI=1S/C22H20N2O2S2/c25-21-8-6-17-11-15(5-7-18(17)23-21)12-22(26)24-19-3-1-2-4-20(19)28-14-16-9-10-27-13-16/h1-5,7,9-11,13H,6,8,12,14H2,(H,23,25)(H,24,26). The van der Waals surface area contributed by atoms with E-state index >= 15 is 0 Å². The van der Waals surface area contributed by atoms with Crippen molar-refractivity contribution in [1.29, 1.82) is 0 Å². The molecule has 0 bridgehead atoms. The third kappa shape index (κ3) is 4.64. The summed E-state index contributed by atoms with van der Waals surface area (Å²) in [4.78, 5) is 25.1. The molecule has 6 heteroatoms. The number of hydrogen-bond donors (Lipinski definition) is 2. The zero-order valence-corrected chi connectivity index (χ0v) is 16.9. The van der Waals surface area contributed by atoms with E-state index in [1.165, 1.54) is 5.56 Å².